The first-order valence-electron chi connectivity index (χ1n) is 9.17. The average molecular weight is 362 g/mol. The fraction of sp³-hybridized carbons (Fsp3) is 0.273. The maximum Gasteiger partial charge on any atom is 0.253 e. The number of anilines is 3. The van der Waals surface area contributed by atoms with Crippen molar-refractivity contribution in [2.75, 3.05) is 17.7 Å². The van der Waals surface area contributed by atoms with Crippen LogP contribution < -0.4 is 16.0 Å². The van der Waals surface area contributed by atoms with E-state index in [9.17, 15) is 4.79 Å². The molecular formula is C22H26N4O. The van der Waals surface area contributed by atoms with Crippen LogP contribution in [0.15, 0.2) is 60.5 Å². The van der Waals surface area contributed by atoms with Crippen LogP contribution in [-0.4, -0.2) is 17.9 Å². The summed E-state index contributed by atoms with van der Waals surface area (Å²) in [5.41, 5.74) is 5.53. The maximum atomic E-state index is 12.2. The number of carbonyl (C=O) groups is 1. The average Bonchev–Trinajstić information content (AvgIpc) is 3.46. The second-order valence-corrected chi connectivity index (χ2v) is 6.98. The Kier molecular flexibility index (Phi) is 5.60. The summed E-state index contributed by atoms with van der Waals surface area (Å²) in [5, 5.41) is 9.45. The summed E-state index contributed by atoms with van der Waals surface area (Å²) in [7, 11) is 1.64. The number of hydrogen-bond donors (Lipinski definition) is 3. The van der Waals surface area contributed by atoms with Crippen LogP contribution in [0.3, 0.4) is 0 Å². The number of benzene rings is 1. The Labute approximate surface area is 160 Å². The van der Waals surface area contributed by atoms with Gasteiger partial charge in [0.05, 0.1) is 11.3 Å². The van der Waals surface area contributed by atoms with Gasteiger partial charge in [-0.3, -0.25) is 4.79 Å². The van der Waals surface area contributed by atoms with Gasteiger partial charge in [0.15, 0.2) is 0 Å². The summed E-state index contributed by atoms with van der Waals surface area (Å²) >= 11 is 0. The number of carbonyl (C=O) groups excluding carboxylic acids is 1. The van der Waals surface area contributed by atoms with Gasteiger partial charge in [0.2, 0.25) is 0 Å². The number of hydrogen-bond acceptors (Lipinski definition) is 4. The molecule has 1 aliphatic carbocycles. The van der Waals surface area contributed by atoms with Crippen LogP contribution in [0.2, 0.25) is 0 Å². The zero-order chi connectivity index (χ0) is 19.4. The van der Waals surface area contributed by atoms with Crippen LogP contribution >= 0.6 is 0 Å². The van der Waals surface area contributed by atoms with Crippen LogP contribution in [-0.2, 0) is 0 Å². The highest BCUT2D eigenvalue weighted by Crippen LogP contribution is 2.44. The molecule has 0 bridgehead atoms. The molecule has 5 nitrogen and oxygen atoms in total. The third kappa shape index (κ3) is 4.76. The molecule has 0 radical (unpaired) electrons. The zero-order valence-electron chi connectivity index (χ0n) is 16.1. The Morgan fingerprint density at radius 1 is 1.22 bits per heavy atom. The van der Waals surface area contributed by atoms with Crippen molar-refractivity contribution in [3.05, 3.63) is 71.6 Å². The lowest BCUT2D eigenvalue weighted by molar-refractivity contribution is 0.0964. The summed E-state index contributed by atoms with van der Waals surface area (Å²) < 4.78 is 0. The third-order valence-electron chi connectivity index (χ3n) is 4.41. The minimum Gasteiger partial charge on any atom is -0.355 e. The molecule has 1 amide bonds. The monoisotopic (exact) mass is 362 g/mol. The van der Waals surface area contributed by atoms with Crippen molar-refractivity contribution in [3.8, 4) is 0 Å². The number of nitrogens with zero attached hydrogens (tertiary/aromatic N) is 1. The highest BCUT2D eigenvalue weighted by Gasteiger charge is 2.27. The molecule has 5 heteroatoms. The summed E-state index contributed by atoms with van der Waals surface area (Å²) in [5.74, 6) is 1.18. The molecule has 0 atom stereocenters. The van der Waals surface area contributed by atoms with Gasteiger partial charge in [-0.1, -0.05) is 24.3 Å². The van der Waals surface area contributed by atoms with E-state index >= 15 is 0 Å². The van der Waals surface area contributed by atoms with E-state index in [1.54, 1.807) is 7.05 Å². The highest BCUT2D eigenvalue weighted by atomic mass is 16.1. The quantitative estimate of drug-likeness (QED) is 0.610. The Morgan fingerprint density at radius 3 is 2.63 bits per heavy atom. The molecule has 1 aromatic heterocycles. The first-order chi connectivity index (χ1) is 13.0. The number of allylic oxidation sites excluding steroid dienone is 3. The van der Waals surface area contributed by atoms with Gasteiger partial charge in [-0.05, 0) is 56.4 Å². The van der Waals surface area contributed by atoms with E-state index < -0.39 is 0 Å². The smallest absolute Gasteiger partial charge is 0.253 e. The van der Waals surface area contributed by atoms with Crippen LogP contribution in [0.4, 0.5) is 17.2 Å². The molecule has 0 saturated heterocycles. The highest BCUT2D eigenvalue weighted by molar-refractivity contribution is 6.00. The molecule has 1 saturated carbocycles. The van der Waals surface area contributed by atoms with E-state index in [1.165, 1.54) is 18.4 Å². The van der Waals surface area contributed by atoms with Crippen LogP contribution in [0.1, 0.15) is 48.5 Å². The largest absolute Gasteiger partial charge is 0.355 e. The second kappa shape index (κ2) is 8.08. The molecule has 3 rings (SSSR count). The van der Waals surface area contributed by atoms with Crippen LogP contribution in [0.5, 0.6) is 0 Å². The molecule has 1 aromatic carbocycles. The number of rotatable bonds is 7. The van der Waals surface area contributed by atoms with E-state index in [-0.39, 0.29) is 5.91 Å². The number of pyridine rings is 1. The molecular weight excluding hydrogens is 336 g/mol. The molecule has 3 N–H and O–H groups in total. The molecule has 140 valence electrons. The van der Waals surface area contributed by atoms with E-state index in [4.69, 9.17) is 0 Å². The number of aromatic nitrogens is 1. The van der Waals surface area contributed by atoms with Gasteiger partial charge in [0.1, 0.15) is 5.82 Å². The molecule has 0 spiro atoms. The molecule has 0 unspecified atom stereocenters. The van der Waals surface area contributed by atoms with Gasteiger partial charge < -0.3 is 16.0 Å². The predicted octanol–water partition coefficient (Wildman–Crippen LogP) is 4.95. The summed E-state index contributed by atoms with van der Waals surface area (Å²) in [4.78, 5) is 16.7. The Bertz CT molecular complexity index is 897. The van der Waals surface area contributed by atoms with Gasteiger partial charge in [-0.25, -0.2) is 4.98 Å². The van der Waals surface area contributed by atoms with E-state index in [1.807, 2.05) is 56.5 Å². The molecule has 1 heterocycles. The summed E-state index contributed by atoms with van der Waals surface area (Å²) in [6.07, 6.45) is 6.26. The third-order valence-corrected chi connectivity index (χ3v) is 4.41. The Morgan fingerprint density at radius 2 is 1.96 bits per heavy atom. The molecule has 1 fully saturated rings. The predicted molar refractivity (Wildman–Crippen MR) is 112 cm³/mol. The SMILES string of the molecule is C=C(C)/C=C(\C)Nc1cc(Nc2ccccc2C(=O)NC)c(C2CC2)cn1. The normalized spacial score (nSPS) is 13.8. The van der Waals surface area contributed by atoms with Crippen molar-refractivity contribution in [1.82, 2.24) is 10.3 Å². The van der Waals surface area contributed by atoms with E-state index in [2.05, 4.69) is 27.5 Å². The van der Waals surface area contributed by atoms with Gasteiger partial charge in [0, 0.05) is 30.7 Å². The zero-order valence-corrected chi connectivity index (χ0v) is 16.1. The van der Waals surface area contributed by atoms with Crippen LogP contribution in [0.25, 0.3) is 0 Å². The number of nitrogens with one attached hydrogen (secondary N) is 3. The fourth-order valence-electron chi connectivity index (χ4n) is 3.04. The molecule has 27 heavy (non-hydrogen) atoms. The first-order valence-corrected chi connectivity index (χ1v) is 9.17. The maximum absolute atomic E-state index is 12.2. The van der Waals surface area contributed by atoms with Crippen molar-refractivity contribution in [2.24, 2.45) is 0 Å². The topological polar surface area (TPSA) is 66.0 Å². The lowest BCUT2D eigenvalue weighted by Crippen LogP contribution is -2.19. The first kappa shape index (κ1) is 18.7. The molecule has 0 aliphatic heterocycles. The molecule has 1 aliphatic rings. The summed E-state index contributed by atoms with van der Waals surface area (Å²) in [6.45, 7) is 7.84. The van der Waals surface area contributed by atoms with Crippen molar-refractivity contribution >= 4 is 23.1 Å². The van der Waals surface area contributed by atoms with Crippen molar-refractivity contribution in [1.29, 1.82) is 0 Å². The second-order valence-electron chi connectivity index (χ2n) is 6.98. The fourth-order valence-corrected chi connectivity index (χ4v) is 3.04. The number of amides is 1. The van der Waals surface area contributed by atoms with Crippen LogP contribution in [0, 0.1) is 0 Å². The Hall–Kier alpha value is -3.08. The Balaban J connectivity index is 1.93. The van der Waals surface area contributed by atoms with E-state index in [0.29, 0.717) is 11.5 Å². The van der Waals surface area contributed by atoms with Gasteiger partial charge in [-0.15, -0.1) is 0 Å². The lowest BCUT2D eigenvalue weighted by Gasteiger charge is -2.16. The van der Waals surface area contributed by atoms with Crippen molar-refractivity contribution in [2.45, 2.75) is 32.6 Å². The van der Waals surface area contributed by atoms with Gasteiger partial charge in [-0.2, -0.15) is 0 Å². The van der Waals surface area contributed by atoms with E-state index in [0.717, 1.165) is 28.5 Å². The summed E-state index contributed by atoms with van der Waals surface area (Å²) in [6, 6.07) is 9.53. The minimum absolute atomic E-state index is 0.112. The van der Waals surface area contributed by atoms with Crippen molar-refractivity contribution in [3.63, 3.8) is 0 Å². The molecule has 2 aromatic rings. The van der Waals surface area contributed by atoms with Crippen molar-refractivity contribution < 1.29 is 4.79 Å². The number of para-hydroxylation sites is 1. The van der Waals surface area contributed by atoms with Gasteiger partial charge >= 0.3 is 0 Å². The lowest BCUT2D eigenvalue weighted by atomic mass is 10.1. The standard InChI is InChI=1S/C22H26N4O/c1-14(2)11-15(3)25-21-12-20(18(13-24-21)16-9-10-16)26-19-8-6-5-7-17(19)22(27)23-4/h5-8,11-13,16H,1,9-10H2,2-4H3,(H,23,27)(H2,24,25,26)/b15-11+. The van der Waals surface area contributed by atoms with Gasteiger partial charge in [0.25, 0.3) is 5.91 Å². The minimum atomic E-state index is -0.112.